The van der Waals surface area contributed by atoms with Gasteiger partial charge in [0.2, 0.25) is 6.43 Å². The van der Waals surface area contributed by atoms with Crippen molar-refractivity contribution in [2.24, 2.45) is 5.41 Å². The Morgan fingerprint density at radius 3 is 2.18 bits per heavy atom. The Kier molecular flexibility index (Phi) is 5.97. The topological polar surface area (TPSA) is 23.8 Å². The van der Waals surface area contributed by atoms with Gasteiger partial charge in [-0.1, -0.05) is 21.3 Å². The molecule has 0 atom stereocenters. The van der Waals surface area contributed by atoms with Crippen LogP contribution in [0.15, 0.2) is 0 Å². The van der Waals surface area contributed by atoms with E-state index in [4.69, 9.17) is 5.26 Å². The second kappa shape index (κ2) is 5.06. The first kappa shape index (κ1) is 13.0. The van der Waals surface area contributed by atoms with Gasteiger partial charge in [-0.25, -0.2) is 8.78 Å². The van der Waals surface area contributed by atoms with Gasteiger partial charge in [-0.15, -0.1) is 0 Å². The van der Waals surface area contributed by atoms with Crippen molar-refractivity contribution in [1.29, 1.82) is 5.26 Å². The summed E-state index contributed by atoms with van der Waals surface area (Å²) >= 11 is 0. The van der Waals surface area contributed by atoms with Crippen LogP contribution in [0.4, 0.5) is 8.78 Å². The molecule has 0 aromatic rings. The first-order valence-corrected chi connectivity index (χ1v) is 3.16. The fourth-order valence-electron chi connectivity index (χ4n) is 0.487. The monoisotopic (exact) mass is 163 g/mol. The van der Waals surface area contributed by atoms with Gasteiger partial charge in [0.15, 0.2) is 0 Å². The molecule has 3 heteroatoms. The molecule has 0 aliphatic heterocycles. The second-order valence-electron chi connectivity index (χ2n) is 2.95. The van der Waals surface area contributed by atoms with Crippen LogP contribution in [-0.4, -0.2) is 6.43 Å². The molecule has 0 spiro atoms. The number of alkyl halides is 2. The Balaban J connectivity index is 0. The average Bonchev–Trinajstić information content (AvgIpc) is 1.84. The molecule has 0 bridgehead atoms. The van der Waals surface area contributed by atoms with Gasteiger partial charge in [-0.05, 0) is 6.42 Å². The maximum atomic E-state index is 12.0. The third kappa shape index (κ3) is 4.72. The van der Waals surface area contributed by atoms with E-state index < -0.39 is 11.8 Å². The maximum absolute atomic E-state index is 12.0. The second-order valence-corrected chi connectivity index (χ2v) is 2.95. The first-order valence-electron chi connectivity index (χ1n) is 3.16. The van der Waals surface area contributed by atoms with Crippen LogP contribution in [0.5, 0.6) is 0 Å². The molecule has 0 aliphatic rings. The van der Waals surface area contributed by atoms with Crippen molar-refractivity contribution in [3.05, 3.63) is 0 Å². The third-order valence-corrected chi connectivity index (χ3v) is 1.47. The van der Waals surface area contributed by atoms with E-state index in [0.29, 0.717) is 0 Å². The molecular formula is C8H15F2N. The van der Waals surface area contributed by atoms with Crippen molar-refractivity contribution in [2.75, 3.05) is 0 Å². The lowest BCUT2D eigenvalue weighted by molar-refractivity contribution is 0.0150. The summed E-state index contributed by atoms with van der Waals surface area (Å²) in [7, 11) is 0. The third-order valence-electron chi connectivity index (χ3n) is 1.47. The Morgan fingerprint density at radius 1 is 1.45 bits per heavy atom. The summed E-state index contributed by atoms with van der Waals surface area (Å²) in [5, 5.41) is 8.12. The van der Waals surface area contributed by atoms with E-state index in [2.05, 4.69) is 0 Å². The van der Waals surface area contributed by atoms with Gasteiger partial charge >= 0.3 is 0 Å². The average molecular weight is 163 g/mol. The van der Waals surface area contributed by atoms with E-state index in [9.17, 15) is 8.78 Å². The van der Waals surface area contributed by atoms with Gasteiger partial charge in [0.1, 0.15) is 0 Å². The van der Waals surface area contributed by atoms with E-state index in [1.54, 1.807) is 0 Å². The molecule has 0 N–H and O–H groups in total. The predicted molar refractivity (Wildman–Crippen MR) is 41.4 cm³/mol. The molecule has 0 aromatic carbocycles. The number of halogens is 2. The van der Waals surface area contributed by atoms with Crippen molar-refractivity contribution < 1.29 is 8.78 Å². The maximum Gasteiger partial charge on any atom is 0.243 e. The lowest BCUT2D eigenvalue weighted by Crippen LogP contribution is -2.21. The minimum atomic E-state index is -2.33. The summed E-state index contributed by atoms with van der Waals surface area (Å²) < 4.78 is 24.1. The van der Waals surface area contributed by atoms with Gasteiger partial charge in [0, 0.05) is 11.8 Å². The molecule has 0 radical (unpaired) electrons. The minimum absolute atomic E-state index is 0. The standard InChI is InChI=1S/C7H11F2N.CH4/c1-7(2,6(8)9)4-3-5-10;/h6H,3-4H2,1-2H3;1H4. The lowest BCUT2D eigenvalue weighted by atomic mass is 9.89. The van der Waals surface area contributed by atoms with Crippen molar-refractivity contribution in [1.82, 2.24) is 0 Å². The molecule has 0 aliphatic carbocycles. The molecular weight excluding hydrogens is 148 g/mol. The van der Waals surface area contributed by atoms with E-state index >= 15 is 0 Å². The number of nitrogens with zero attached hydrogens (tertiary/aromatic N) is 1. The molecule has 0 aromatic heterocycles. The van der Waals surface area contributed by atoms with Crippen molar-refractivity contribution >= 4 is 0 Å². The van der Waals surface area contributed by atoms with Gasteiger partial charge in [0.05, 0.1) is 6.07 Å². The zero-order chi connectivity index (χ0) is 8.20. The van der Waals surface area contributed by atoms with E-state index in [1.807, 2.05) is 6.07 Å². The smallest absolute Gasteiger partial charge is 0.210 e. The van der Waals surface area contributed by atoms with Gasteiger partial charge in [0.25, 0.3) is 0 Å². The molecule has 0 saturated heterocycles. The van der Waals surface area contributed by atoms with Gasteiger partial charge in [-0.3, -0.25) is 0 Å². The van der Waals surface area contributed by atoms with Crippen LogP contribution < -0.4 is 0 Å². The fraction of sp³-hybridized carbons (Fsp3) is 0.875. The first-order chi connectivity index (χ1) is 4.50. The van der Waals surface area contributed by atoms with Gasteiger partial charge in [-0.2, -0.15) is 5.26 Å². The normalized spacial score (nSPS) is 10.5. The summed E-state index contributed by atoms with van der Waals surface area (Å²) in [6.45, 7) is 2.93. The lowest BCUT2D eigenvalue weighted by Gasteiger charge is -2.21. The Labute approximate surface area is 67.0 Å². The molecule has 0 amide bonds. The Hall–Kier alpha value is -0.650. The van der Waals surface area contributed by atoms with Crippen LogP contribution in [0.2, 0.25) is 0 Å². The molecule has 0 fully saturated rings. The summed E-state index contributed by atoms with van der Waals surface area (Å²) in [5.41, 5.74) is -1.00. The highest BCUT2D eigenvalue weighted by molar-refractivity contribution is 4.78. The number of nitriles is 1. The zero-order valence-electron chi connectivity index (χ0n) is 6.19. The highest BCUT2D eigenvalue weighted by Crippen LogP contribution is 2.29. The highest BCUT2D eigenvalue weighted by atomic mass is 19.3. The van der Waals surface area contributed by atoms with E-state index in [0.717, 1.165) is 0 Å². The van der Waals surface area contributed by atoms with Crippen molar-refractivity contribution in [3.63, 3.8) is 0 Å². The molecule has 0 unspecified atom stereocenters. The molecule has 11 heavy (non-hydrogen) atoms. The zero-order valence-corrected chi connectivity index (χ0v) is 6.19. The van der Waals surface area contributed by atoms with Crippen molar-refractivity contribution in [2.45, 2.75) is 40.5 Å². The van der Waals surface area contributed by atoms with Crippen LogP contribution >= 0.6 is 0 Å². The Morgan fingerprint density at radius 2 is 1.91 bits per heavy atom. The number of hydrogen-bond donors (Lipinski definition) is 0. The molecule has 0 rings (SSSR count). The number of rotatable bonds is 3. The van der Waals surface area contributed by atoms with Crippen LogP contribution in [-0.2, 0) is 0 Å². The van der Waals surface area contributed by atoms with E-state index in [1.165, 1.54) is 13.8 Å². The molecule has 0 heterocycles. The Bertz CT molecular complexity index is 136. The minimum Gasteiger partial charge on any atom is -0.210 e. The van der Waals surface area contributed by atoms with E-state index in [-0.39, 0.29) is 20.3 Å². The predicted octanol–water partition coefficient (Wildman–Crippen LogP) is 3.22. The van der Waals surface area contributed by atoms with Crippen LogP contribution in [0.1, 0.15) is 34.1 Å². The SMILES string of the molecule is C.CC(C)(CCC#N)C(F)F. The van der Waals surface area contributed by atoms with Crippen LogP contribution in [0.3, 0.4) is 0 Å². The molecule has 0 saturated carbocycles. The van der Waals surface area contributed by atoms with Gasteiger partial charge < -0.3 is 0 Å². The summed E-state index contributed by atoms with van der Waals surface area (Å²) in [5.74, 6) is 0. The number of hydrogen-bond acceptors (Lipinski definition) is 1. The summed E-state index contributed by atoms with van der Waals surface area (Å²) in [6, 6.07) is 1.85. The largest absolute Gasteiger partial charge is 0.243 e. The van der Waals surface area contributed by atoms with Crippen molar-refractivity contribution in [3.8, 4) is 6.07 Å². The highest BCUT2D eigenvalue weighted by Gasteiger charge is 2.28. The molecule has 66 valence electrons. The summed E-state index contributed by atoms with van der Waals surface area (Å²) in [6.07, 6.45) is -1.86. The summed E-state index contributed by atoms with van der Waals surface area (Å²) in [4.78, 5) is 0. The fourth-order valence-corrected chi connectivity index (χ4v) is 0.487. The van der Waals surface area contributed by atoms with Crippen LogP contribution in [0.25, 0.3) is 0 Å². The van der Waals surface area contributed by atoms with Crippen LogP contribution in [0, 0.1) is 16.7 Å². The molecule has 1 nitrogen and oxygen atoms in total. The quantitative estimate of drug-likeness (QED) is 0.626.